The van der Waals surface area contributed by atoms with Crippen LogP contribution in [0.25, 0.3) is 0 Å². The van der Waals surface area contributed by atoms with Crippen LogP contribution in [0, 0.1) is 0 Å². The largest absolute Gasteiger partial charge is 0.478 e. The number of carboxylic acids is 1. The molecule has 0 saturated heterocycles. The van der Waals surface area contributed by atoms with E-state index in [-0.39, 0.29) is 0 Å². The normalized spacial score (nSPS) is 10.4. The van der Waals surface area contributed by atoms with Crippen LogP contribution in [-0.2, 0) is 16.0 Å². The van der Waals surface area contributed by atoms with Crippen LogP contribution in [0.5, 0.6) is 0 Å². The molecule has 0 aromatic carbocycles. The molecule has 1 aromatic heterocycles. The van der Waals surface area contributed by atoms with E-state index in [1.165, 1.54) is 6.39 Å². The molecule has 0 aliphatic rings. The monoisotopic (exact) mass is 211 g/mol. The summed E-state index contributed by atoms with van der Waals surface area (Å²) in [5, 5.41) is 14.2. The molecule has 0 atom stereocenters. The quantitative estimate of drug-likeness (QED) is 0.628. The van der Waals surface area contributed by atoms with Crippen LogP contribution in [0.1, 0.15) is 5.82 Å². The number of aromatic nitrogens is 2. The van der Waals surface area contributed by atoms with Crippen LogP contribution in [0.2, 0.25) is 0 Å². The van der Waals surface area contributed by atoms with E-state index in [1.54, 1.807) is 0 Å². The van der Waals surface area contributed by atoms with E-state index in [9.17, 15) is 9.59 Å². The molecule has 0 bridgehead atoms. The molecule has 0 unspecified atom stereocenters. The Morgan fingerprint density at radius 1 is 1.53 bits per heavy atom. The zero-order chi connectivity index (χ0) is 11.1. The minimum Gasteiger partial charge on any atom is -0.478 e. The number of carbonyl (C=O) groups excluding carboxylic acids is 1. The summed E-state index contributed by atoms with van der Waals surface area (Å²) in [6.07, 6.45) is 3.34. The summed E-state index contributed by atoms with van der Waals surface area (Å²) >= 11 is 0. The highest BCUT2D eigenvalue weighted by molar-refractivity contribution is 5.93. The molecule has 1 aromatic rings. The van der Waals surface area contributed by atoms with Crippen LogP contribution in [0.15, 0.2) is 23.1 Å². The summed E-state index contributed by atoms with van der Waals surface area (Å²) < 4.78 is 4.49. The zero-order valence-electron chi connectivity index (χ0n) is 7.71. The Labute approximate surface area is 84.8 Å². The Kier molecular flexibility index (Phi) is 4.02. The second-order valence-electron chi connectivity index (χ2n) is 2.56. The topological polar surface area (TPSA) is 105 Å². The molecule has 80 valence electrons. The van der Waals surface area contributed by atoms with Gasteiger partial charge in [-0.05, 0) is 0 Å². The number of hydrogen-bond acceptors (Lipinski definition) is 5. The van der Waals surface area contributed by atoms with Crippen molar-refractivity contribution in [3.63, 3.8) is 0 Å². The molecule has 0 saturated carbocycles. The van der Waals surface area contributed by atoms with E-state index >= 15 is 0 Å². The lowest BCUT2D eigenvalue weighted by molar-refractivity contribution is -0.131. The number of nitrogens with zero attached hydrogens (tertiary/aromatic N) is 2. The minimum atomic E-state index is -1.16. The summed E-state index contributed by atoms with van der Waals surface area (Å²) in [4.78, 5) is 24.8. The van der Waals surface area contributed by atoms with Crippen LogP contribution in [0.3, 0.4) is 0 Å². The van der Waals surface area contributed by atoms with Crippen LogP contribution >= 0.6 is 0 Å². The molecule has 0 spiro atoms. The SMILES string of the molecule is O=C(O)/C=C/C(=O)NCCc1ncon1. The number of hydrogen-bond donors (Lipinski definition) is 2. The third kappa shape index (κ3) is 4.55. The summed E-state index contributed by atoms with van der Waals surface area (Å²) in [6.45, 7) is 0.322. The Bertz CT molecular complexity index is 358. The summed E-state index contributed by atoms with van der Waals surface area (Å²) in [7, 11) is 0. The number of nitrogens with one attached hydrogen (secondary N) is 1. The highest BCUT2D eigenvalue weighted by Crippen LogP contribution is 1.87. The van der Waals surface area contributed by atoms with E-state index in [2.05, 4.69) is 20.0 Å². The van der Waals surface area contributed by atoms with E-state index in [0.29, 0.717) is 18.8 Å². The predicted molar refractivity (Wildman–Crippen MR) is 47.8 cm³/mol. The first kappa shape index (κ1) is 10.9. The molecule has 0 aliphatic heterocycles. The third-order valence-electron chi connectivity index (χ3n) is 1.43. The molecular weight excluding hydrogens is 202 g/mol. The van der Waals surface area contributed by atoms with E-state index in [1.807, 2.05) is 0 Å². The number of rotatable bonds is 5. The number of aliphatic carboxylic acids is 1. The number of carbonyl (C=O) groups is 2. The third-order valence-corrected chi connectivity index (χ3v) is 1.43. The smallest absolute Gasteiger partial charge is 0.328 e. The lowest BCUT2D eigenvalue weighted by Gasteiger charge is -1.97. The zero-order valence-corrected chi connectivity index (χ0v) is 7.71. The minimum absolute atomic E-state index is 0.322. The Morgan fingerprint density at radius 2 is 2.33 bits per heavy atom. The van der Waals surface area contributed by atoms with Crippen LogP contribution in [-0.4, -0.2) is 33.7 Å². The van der Waals surface area contributed by atoms with Gasteiger partial charge in [-0.2, -0.15) is 4.98 Å². The van der Waals surface area contributed by atoms with Gasteiger partial charge in [0.05, 0.1) is 0 Å². The maximum atomic E-state index is 11.0. The van der Waals surface area contributed by atoms with Gasteiger partial charge in [0.1, 0.15) is 0 Å². The molecule has 0 fully saturated rings. The van der Waals surface area contributed by atoms with Gasteiger partial charge in [-0.1, -0.05) is 5.16 Å². The Morgan fingerprint density at radius 3 is 2.93 bits per heavy atom. The average molecular weight is 211 g/mol. The van der Waals surface area contributed by atoms with Crippen molar-refractivity contribution in [1.29, 1.82) is 0 Å². The van der Waals surface area contributed by atoms with Crippen molar-refractivity contribution in [2.45, 2.75) is 6.42 Å². The lowest BCUT2D eigenvalue weighted by Crippen LogP contribution is -2.24. The second-order valence-corrected chi connectivity index (χ2v) is 2.56. The van der Waals surface area contributed by atoms with Crippen molar-refractivity contribution >= 4 is 11.9 Å². The Hall–Kier alpha value is -2.18. The first-order chi connectivity index (χ1) is 7.18. The first-order valence-electron chi connectivity index (χ1n) is 4.12. The molecule has 1 amide bonds. The van der Waals surface area contributed by atoms with Gasteiger partial charge < -0.3 is 14.9 Å². The molecule has 0 aliphatic carbocycles. The van der Waals surface area contributed by atoms with Crippen LogP contribution < -0.4 is 5.32 Å². The van der Waals surface area contributed by atoms with Gasteiger partial charge in [0.25, 0.3) is 0 Å². The maximum absolute atomic E-state index is 11.0. The van der Waals surface area contributed by atoms with Gasteiger partial charge in [-0.3, -0.25) is 4.79 Å². The fourth-order valence-electron chi connectivity index (χ4n) is 0.806. The molecule has 0 radical (unpaired) electrons. The Balaban J connectivity index is 2.20. The van der Waals surface area contributed by atoms with Gasteiger partial charge in [-0.15, -0.1) is 0 Å². The van der Waals surface area contributed by atoms with Gasteiger partial charge in [0.2, 0.25) is 12.3 Å². The summed E-state index contributed by atoms with van der Waals surface area (Å²) in [5.41, 5.74) is 0. The average Bonchev–Trinajstić information content (AvgIpc) is 2.67. The first-order valence-corrected chi connectivity index (χ1v) is 4.12. The van der Waals surface area contributed by atoms with E-state index in [0.717, 1.165) is 12.2 Å². The van der Waals surface area contributed by atoms with Crippen molar-refractivity contribution in [2.24, 2.45) is 0 Å². The van der Waals surface area contributed by atoms with Crippen molar-refractivity contribution in [3.05, 3.63) is 24.4 Å². The molecule has 1 heterocycles. The predicted octanol–water partition coefficient (Wildman–Crippen LogP) is -0.631. The molecule has 7 nitrogen and oxygen atoms in total. The molecular formula is C8H9N3O4. The number of amides is 1. The maximum Gasteiger partial charge on any atom is 0.328 e. The highest BCUT2D eigenvalue weighted by Gasteiger charge is 2.00. The van der Waals surface area contributed by atoms with Crippen molar-refractivity contribution in [3.8, 4) is 0 Å². The van der Waals surface area contributed by atoms with Crippen molar-refractivity contribution in [1.82, 2.24) is 15.5 Å². The number of carboxylic acid groups (broad SMARTS) is 1. The summed E-state index contributed by atoms with van der Waals surface area (Å²) in [6, 6.07) is 0. The van der Waals surface area contributed by atoms with Gasteiger partial charge >= 0.3 is 5.97 Å². The van der Waals surface area contributed by atoms with E-state index in [4.69, 9.17) is 5.11 Å². The van der Waals surface area contributed by atoms with Crippen LogP contribution in [0.4, 0.5) is 0 Å². The molecule has 7 heteroatoms. The van der Waals surface area contributed by atoms with Crippen molar-refractivity contribution in [2.75, 3.05) is 6.54 Å². The van der Waals surface area contributed by atoms with Gasteiger partial charge in [-0.25, -0.2) is 4.79 Å². The lowest BCUT2D eigenvalue weighted by atomic mass is 10.4. The fraction of sp³-hybridized carbons (Fsp3) is 0.250. The molecule has 15 heavy (non-hydrogen) atoms. The molecule has 1 rings (SSSR count). The second kappa shape index (κ2) is 5.53. The molecule has 2 N–H and O–H groups in total. The fourth-order valence-corrected chi connectivity index (χ4v) is 0.806. The summed E-state index contributed by atoms with van der Waals surface area (Å²) in [5.74, 6) is -1.15. The van der Waals surface area contributed by atoms with E-state index < -0.39 is 11.9 Å². The standard InChI is InChI=1S/C8H9N3O4/c12-7(1-2-8(13)14)9-4-3-6-10-5-15-11-6/h1-2,5H,3-4H2,(H,9,12)(H,13,14)/b2-1+. The van der Waals surface area contributed by atoms with Gasteiger partial charge in [0, 0.05) is 25.1 Å². The van der Waals surface area contributed by atoms with Gasteiger partial charge in [0.15, 0.2) is 5.82 Å². The van der Waals surface area contributed by atoms with Crippen molar-refractivity contribution < 1.29 is 19.2 Å². The highest BCUT2D eigenvalue weighted by atomic mass is 16.5.